The maximum Gasteiger partial charge on any atom is 0.220 e. The highest BCUT2D eigenvalue weighted by atomic mass is 16.7. The van der Waals surface area contributed by atoms with Crippen molar-refractivity contribution in [3.05, 3.63) is 24.3 Å². The number of unbranched alkanes of at least 4 members (excludes halogenated alkanes) is 35. The summed E-state index contributed by atoms with van der Waals surface area (Å²) in [5.41, 5.74) is 0. The van der Waals surface area contributed by atoms with Crippen molar-refractivity contribution < 1.29 is 64.6 Å². The predicted octanol–water partition coefficient (Wildman–Crippen LogP) is 10.8. The third-order valence-corrected chi connectivity index (χ3v) is 15.4. The van der Waals surface area contributed by atoms with E-state index in [1.807, 2.05) is 6.08 Å². The Labute approximate surface area is 456 Å². The normalized spacial score (nSPS) is 25.1. The van der Waals surface area contributed by atoms with E-state index in [0.29, 0.717) is 12.8 Å². The van der Waals surface area contributed by atoms with Crippen molar-refractivity contribution in [1.82, 2.24) is 5.32 Å². The van der Waals surface area contributed by atoms with E-state index in [1.54, 1.807) is 6.08 Å². The lowest BCUT2D eigenvalue weighted by Gasteiger charge is -2.46. The molecule has 2 fully saturated rings. The van der Waals surface area contributed by atoms with Gasteiger partial charge in [0.2, 0.25) is 5.91 Å². The van der Waals surface area contributed by atoms with Crippen LogP contribution in [-0.2, 0) is 23.7 Å². The van der Waals surface area contributed by atoms with Crippen LogP contribution in [0.4, 0.5) is 0 Å². The highest BCUT2D eigenvalue weighted by Crippen LogP contribution is 2.30. The van der Waals surface area contributed by atoms with E-state index in [9.17, 15) is 45.6 Å². The van der Waals surface area contributed by atoms with Gasteiger partial charge < -0.3 is 65.1 Å². The molecule has 0 saturated carbocycles. The second-order valence-corrected chi connectivity index (χ2v) is 22.2. The first-order valence-corrected chi connectivity index (χ1v) is 31.1. The van der Waals surface area contributed by atoms with Gasteiger partial charge >= 0.3 is 0 Å². The molecule has 75 heavy (non-hydrogen) atoms. The number of aliphatic hydroxyl groups is 8. The fourth-order valence-corrected chi connectivity index (χ4v) is 10.4. The van der Waals surface area contributed by atoms with Crippen LogP contribution in [0.2, 0.25) is 0 Å². The molecular formula is C61H115NO13. The van der Waals surface area contributed by atoms with Crippen LogP contribution in [0.5, 0.6) is 0 Å². The number of ether oxygens (including phenoxy) is 4. The summed E-state index contributed by atoms with van der Waals surface area (Å²) in [4.78, 5) is 13.2. The molecule has 0 aromatic carbocycles. The summed E-state index contributed by atoms with van der Waals surface area (Å²) in [6.07, 6.45) is 40.0. The first-order chi connectivity index (χ1) is 36.6. The lowest BCUT2D eigenvalue weighted by molar-refractivity contribution is -0.359. The molecule has 0 aliphatic carbocycles. The fraction of sp³-hybridized carbons (Fsp3) is 0.918. The van der Waals surface area contributed by atoms with Crippen molar-refractivity contribution in [3.63, 3.8) is 0 Å². The summed E-state index contributed by atoms with van der Waals surface area (Å²) >= 11 is 0. The molecule has 0 radical (unpaired) electrons. The quantitative estimate of drug-likeness (QED) is 0.0204. The number of carbonyl (C=O) groups is 1. The summed E-state index contributed by atoms with van der Waals surface area (Å²) < 4.78 is 22.7. The number of aliphatic hydroxyl groups excluding tert-OH is 8. The molecule has 12 unspecified atom stereocenters. The molecular weight excluding hydrogens is 955 g/mol. The van der Waals surface area contributed by atoms with Gasteiger partial charge in [-0.25, -0.2) is 0 Å². The van der Waals surface area contributed by atoms with Gasteiger partial charge in [0.25, 0.3) is 0 Å². The van der Waals surface area contributed by atoms with Crippen LogP contribution in [0, 0.1) is 0 Å². The first kappa shape index (κ1) is 69.6. The van der Waals surface area contributed by atoms with Crippen LogP contribution in [-0.4, -0.2) is 140 Å². The topological polar surface area (TPSA) is 228 Å². The molecule has 0 aromatic heterocycles. The number of hydrogen-bond acceptors (Lipinski definition) is 13. The van der Waals surface area contributed by atoms with E-state index in [4.69, 9.17) is 18.9 Å². The van der Waals surface area contributed by atoms with Gasteiger partial charge in [0.05, 0.1) is 32.0 Å². The highest BCUT2D eigenvalue weighted by molar-refractivity contribution is 5.76. The van der Waals surface area contributed by atoms with Crippen LogP contribution in [0.15, 0.2) is 24.3 Å². The minimum Gasteiger partial charge on any atom is -0.394 e. The Kier molecular flexibility index (Phi) is 43.9. The van der Waals surface area contributed by atoms with E-state index in [2.05, 4.69) is 31.3 Å². The minimum absolute atomic E-state index is 0.247. The highest BCUT2D eigenvalue weighted by Gasteiger charge is 2.51. The number of allylic oxidation sites excluding steroid dienone is 3. The van der Waals surface area contributed by atoms with Crippen LogP contribution in [0.3, 0.4) is 0 Å². The molecule has 0 bridgehead atoms. The summed E-state index contributed by atoms with van der Waals surface area (Å²) in [7, 11) is 0. The maximum atomic E-state index is 13.2. The van der Waals surface area contributed by atoms with E-state index < -0.39 is 86.8 Å². The molecule has 2 saturated heterocycles. The number of carbonyl (C=O) groups excluding carboxylic acids is 1. The van der Waals surface area contributed by atoms with Gasteiger partial charge in [0, 0.05) is 6.42 Å². The largest absolute Gasteiger partial charge is 0.394 e. The Bertz CT molecular complexity index is 1350. The average molecular weight is 1070 g/mol. The lowest BCUT2D eigenvalue weighted by Crippen LogP contribution is -2.65. The zero-order valence-corrected chi connectivity index (χ0v) is 47.6. The number of hydrogen-bond donors (Lipinski definition) is 9. The molecule has 2 heterocycles. The number of amides is 1. The zero-order chi connectivity index (χ0) is 54.6. The minimum atomic E-state index is -1.79. The van der Waals surface area contributed by atoms with Gasteiger partial charge in [-0.1, -0.05) is 250 Å². The molecule has 0 spiro atoms. The molecule has 2 aliphatic rings. The van der Waals surface area contributed by atoms with Gasteiger partial charge in [0.15, 0.2) is 12.6 Å². The third kappa shape index (κ3) is 33.0. The first-order valence-electron chi connectivity index (χ1n) is 31.1. The Morgan fingerprint density at radius 2 is 0.853 bits per heavy atom. The summed E-state index contributed by atoms with van der Waals surface area (Å²) in [5, 5.41) is 86.7. The van der Waals surface area contributed by atoms with E-state index in [0.717, 1.165) is 38.5 Å². The zero-order valence-electron chi connectivity index (χ0n) is 47.6. The van der Waals surface area contributed by atoms with Crippen molar-refractivity contribution in [2.75, 3.05) is 19.8 Å². The molecule has 14 heteroatoms. The van der Waals surface area contributed by atoms with Crippen LogP contribution in [0.1, 0.15) is 264 Å². The Morgan fingerprint density at radius 3 is 1.31 bits per heavy atom. The summed E-state index contributed by atoms with van der Waals surface area (Å²) in [6, 6.07) is -0.926. The molecule has 442 valence electrons. The second-order valence-electron chi connectivity index (χ2n) is 22.2. The molecule has 14 nitrogen and oxygen atoms in total. The van der Waals surface area contributed by atoms with Crippen molar-refractivity contribution in [3.8, 4) is 0 Å². The summed E-state index contributed by atoms with van der Waals surface area (Å²) in [5.74, 6) is -0.247. The molecule has 2 aliphatic heterocycles. The Hall–Kier alpha value is -1.53. The number of nitrogens with one attached hydrogen (secondary N) is 1. The van der Waals surface area contributed by atoms with Crippen molar-refractivity contribution in [2.45, 2.75) is 338 Å². The number of rotatable bonds is 50. The fourth-order valence-electron chi connectivity index (χ4n) is 10.4. The maximum absolute atomic E-state index is 13.2. The van der Waals surface area contributed by atoms with Gasteiger partial charge in [-0.2, -0.15) is 0 Å². The van der Waals surface area contributed by atoms with Gasteiger partial charge in [-0.15, -0.1) is 0 Å². The van der Waals surface area contributed by atoms with Crippen molar-refractivity contribution in [2.24, 2.45) is 0 Å². The SMILES string of the molecule is CCCCC/C=C/CC/C=C/C(O)C(COC1OC(CO)C(OC2OC(CO)C(O)C(O)C2O)C(O)C1O)NC(=O)CCCCCCCCCCCCCCCCCCCCCCCCCCCCCCCCCC. The van der Waals surface area contributed by atoms with E-state index in [1.165, 1.54) is 193 Å². The molecule has 2 rings (SSSR count). The molecule has 0 aromatic rings. The molecule has 9 N–H and O–H groups in total. The van der Waals surface area contributed by atoms with Crippen LogP contribution >= 0.6 is 0 Å². The van der Waals surface area contributed by atoms with Crippen molar-refractivity contribution in [1.29, 1.82) is 0 Å². The third-order valence-electron chi connectivity index (χ3n) is 15.4. The van der Waals surface area contributed by atoms with Gasteiger partial charge in [0.1, 0.15) is 48.8 Å². The smallest absolute Gasteiger partial charge is 0.220 e. The Morgan fingerprint density at radius 1 is 0.467 bits per heavy atom. The Balaban J connectivity index is 1.59. The van der Waals surface area contributed by atoms with Crippen LogP contribution in [0.25, 0.3) is 0 Å². The van der Waals surface area contributed by atoms with E-state index >= 15 is 0 Å². The average Bonchev–Trinajstić information content (AvgIpc) is 3.41. The lowest BCUT2D eigenvalue weighted by atomic mass is 9.97. The molecule has 1 amide bonds. The molecule has 12 atom stereocenters. The van der Waals surface area contributed by atoms with E-state index in [-0.39, 0.29) is 18.9 Å². The predicted molar refractivity (Wildman–Crippen MR) is 300 cm³/mol. The second kappa shape index (κ2) is 47.3. The monoisotopic (exact) mass is 1070 g/mol. The van der Waals surface area contributed by atoms with Gasteiger partial charge in [-0.05, 0) is 32.1 Å². The standard InChI is InChI=1S/C61H115NO13/c1-3-5-7-9-11-13-14-15-16-17-18-19-20-21-22-23-24-25-26-27-28-29-30-31-32-33-34-35-37-39-41-43-45-53(66)62-49(50(65)44-42-40-38-36-12-10-8-6-4-2)48-72-60-58(71)56(69)59(52(47-64)74-60)75-61-57(70)55(68)54(67)51(46-63)73-61/h12,36,42,44,49-52,54-61,63-65,67-71H,3-11,13-35,37-41,43,45-48H2,1-2H3,(H,62,66)/b36-12+,44-42+. The summed E-state index contributed by atoms with van der Waals surface area (Å²) in [6.45, 7) is 2.74. The van der Waals surface area contributed by atoms with Gasteiger partial charge in [-0.3, -0.25) is 4.79 Å². The van der Waals surface area contributed by atoms with Crippen LogP contribution < -0.4 is 5.32 Å². The van der Waals surface area contributed by atoms with Crippen molar-refractivity contribution >= 4 is 5.91 Å².